The number of ether oxygens (including phenoxy) is 1. The summed E-state index contributed by atoms with van der Waals surface area (Å²) in [6.45, 7) is 6.45. The third kappa shape index (κ3) is 34.0. The minimum Gasteiger partial charge on any atom is -0.462 e. The number of carbonyl (C=O) groups excluding carboxylic acids is 2. The second kappa shape index (κ2) is 39.1. The van der Waals surface area contributed by atoms with Crippen molar-refractivity contribution in [3.63, 3.8) is 0 Å². The Morgan fingerprint density at radius 2 is 0.840 bits per heavy atom. The minimum absolute atomic E-state index is 0.0860. The summed E-state index contributed by atoms with van der Waals surface area (Å²) < 4.78 is 5.88. The van der Waals surface area contributed by atoms with Gasteiger partial charge in [-0.05, 0) is 25.7 Å². The van der Waals surface area contributed by atoms with Gasteiger partial charge in [0.15, 0.2) is 0 Å². The van der Waals surface area contributed by atoms with Gasteiger partial charge in [0.05, 0.1) is 25.2 Å². The lowest BCUT2D eigenvalue weighted by Crippen LogP contribution is -2.46. The molecule has 0 heterocycles. The summed E-state index contributed by atoms with van der Waals surface area (Å²) in [6, 6.07) is -0.689. The highest BCUT2D eigenvalue weighted by Gasteiger charge is 2.24. The fourth-order valence-electron chi connectivity index (χ4n) is 7.02. The lowest BCUT2D eigenvalue weighted by Gasteiger charge is -2.24. The molecule has 0 aromatic carbocycles. The van der Waals surface area contributed by atoms with Crippen molar-refractivity contribution in [3.8, 4) is 0 Å². The molecule has 3 atom stereocenters. The number of amides is 1. The number of unbranched alkanes of at least 4 members (excludes halogenated alkanes) is 28. The van der Waals surface area contributed by atoms with Crippen molar-refractivity contribution in [3.05, 3.63) is 0 Å². The number of rotatable bonds is 40. The van der Waals surface area contributed by atoms with E-state index >= 15 is 0 Å². The molecular formula is C44H87NO5. The maximum atomic E-state index is 13.1. The number of hydrogen-bond acceptors (Lipinski definition) is 5. The molecule has 0 bridgehead atoms. The molecule has 0 rings (SSSR count). The maximum absolute atomic E-state index is 13.1. The van der Waals surface area contributed by atoms with Crippen LogP contribution in [0.15, 0.2) is 0 Å². The van der Waals surface area contributed by atoms with Crippen molar-refractivity contribution in [1.29, 1.82) is 0 Å². The normalized spacial score (nSPS) is 13.3. The number of aliphatic hydroxyl groups is 2. The Bertz CT molecular complexity index is 717. The van der Waals surface area contributed by atoms with E-state index in [4.69, 9.17) is 4.74 Å². The van der Waals surface area contributed by atoms with Crippen LogP contribution in [0.3, 0.4) is 0 Å². The average Bonchev–Trinajstić information content (AvgIpc) is 3.10. The molecule has 0 saturated carbocycles. The van der Waals surface area contributed by atoms with Gasteiger partial charge >= 0.3 is 5.97 Å². The third-order valence-electron chi connectivity index (χ3n) is 10.4. The maximum Gasteiger partial charge on any atom is 0.306 e. The first-order valence-electron chi connectivity index (χ1n) is 22.3. The predicted octanol–water partition coefficient (Wildman–Crippen LogP) is 12.4. The summed E-state index contributed by atoms with van der Waals surface area (Å²) in [7, 11) is 0. The Morgan fingerprint density at radius 1 is 0.500 bits per heavy atom. The zero-order valence-corrected chi connectivity index (χ0v) is 33.8. The van der Waals surface area contributed by atoms with Crippen LogP contribution in [0.25, 0.3) is 0 Å². The lowest BCUT2D eigenvalue weighted by atomic mass is 10.0. The molecule has 0 aliphatic heterocycles. The van der Waals surface area contributed by atoms with Crippen LogP contribution in [0.4, 0.5) is 0 Å². The molecule has 0 radical (unpaired) electrons. The summed E-state index contributed by atoms with van der Waals surface area (Å²) in [6.07, 6.45) is 38.7. The summed E-state index contributed by atoms with van der Waals surface area (Å²) in [5.41, 5.74) is 0. The summed E-state index contributed by atoms with van der Waals surface area (Å²) in [5.74, 6) is -0.462. The van der Waals surface area contributed by atoms with Crippen molar-refractivity contribution >= 4 is 11.9 Å². The highest BCUT2D eigenvalue weighted by molar-refractivity contribution is 5.77. The molecule has 50 heavy (non-hydrogen) atoms. The standard InChI is InChI=1S/C44H87NO5/c1-4-7-10-13-16-19-21-22-25-28-31-34-37-44(49)50-40(35-32-29-26-23-18-15-12-9-6-3)38-43(48)45-41(39-46)42(47)36-33-30-27-24-20-17-14-11-8-5-2/h40-42,46-47H,4-39H2,1-3H3,(H,45,48). The highest BCUT2D eigenvalue weighted by atomic mass is 16.5. The Balaban J connectivity index is 4.51. The van der Waals surface area contributed by atoms with Gasteiger partial charge in [0.2, 0.25) is 5.91 Å². The van der Waals surface area contributed by atoms with Crippen LogP contribution in [0.2, 0.25) is 0 Å². The zero-order chi connectivity index (χ0) is 36.8. The fourth-order valence-corrected chi connectivity index (χ4v) is 7.02. The molecule has 6 heteroatoms. The van der Waals surface area contributed by atoms with Crippen LogP contribution in [-0.4, -0.2) is 46.9 Å². The first-order valence-corrected chi connectivity index (χ1v) is 22.3. The van der Waals surface area contributed by atoms with Gasteiger partial charge < -0.3 is 20.3 Å². The van der Waals surface area contributed by atoms with E-state index in [1.54, 1.807) is 0 Å². The molecule has 0 aliphatic rings. The van der Waals surface area contributed by atoms with Gasteiger partial charge in [0.1, 0.15) is 6.10 Å². The molecule has 0 aliphatic carbocycles. The van der Waals surface area contributed by atoms with E-state index in [1.807, 2.05) is 0 Å². The largest absolute Gasteiger partial charge is 0.462 e. The van der Waals surface area contributed by atoms with E-state index in [0.717, 1.165) is 44.9 Å². The molecule has 3 unspecified atom stereocenters. The zero-order valence-electron chi connectivity index (χ0n) is 33.8. The molecule has 0 aromatic rings. The topological polar surface area (TPSA) is 95.9 Å². The van der Waals surface area contributed by atoms with Gasteiger partial charge in [-0.3, -0.25) is 9.59 Å². The number of hydrogen-bond donors (Lipinski definition) is 3. The highest BCUT2D eigenvalue weighted by Crippen LogP contribution is 2.18. The van der Waals surface area contributed by atoms with Crippen molar-refractivity contribution in [1.82, 2.24) is 5.32 Å². The van der Waals surface area contributed by atoms with Gasteiger partial charge in [-0.25, -0.2) is 0 Å². The van der Waals surface area contributed by atoms with Crippen LogP contribution in [0.1, 0.15) is 245 Å². The molecule has 0 fully saturated rings. The Morgan fingerprint density at radius 3 is 1.22 bits per heavy atom. The van der Waals surface area contributed by atoms with Crippen LogP contribution in [-0.2, 0) is 14.3 Å². The van der Waals surface area contributed by atoms with Crippen LogP contribution in [0.5, 0.6) is 0 Å². The van der Waals surface area contributed by atoms with E-state index in [1.165, 1.54) is 154 Å². The van der Waals surface area contributed by atoms with Crippen LogP contribution in [0, 0.1) is 0 Å². The summed E-state index contributed by atoms with van der Waals surface area (Å²) in [5, 5.41) is 23.5. The van der Waals surface area contributed by atoms with E-state index in [9.17, 15) is 19.8 Å². The monoisotopic (exact) mass is 710 g/mol. The first-order chi connectivity index (χ1) is 24.5. The molecule has 1 amide bonds. The van der Waals surface area contributed by atoms with Crippen molar-refractivity contribution in [2.24, 2.45) is 0 Å². The second-order valence-electron chi connectivity index (χ2n) is 15.5. The summed E-state index contributed by atoms with van der Waals surface area (Å²) >= 11 is 0. The number of carbonyl (C=O) groups is 2. The molecule has 0 saturated heterocycles. The molecule has 0 aromatic heterocycles. The van der Waals surface area contributed by atoms with Gasteiger partial charge in [-0.15, -0.1) is 0 Å². The average molecular weight is 710 g/mol. The molecule has 298 valence electrons. The van der Waals surface area contributed by atoms with Crippen LogP contribution < -0.4 is 5.32 Å². The van der Waals surface area contributed by atoms with E-state index in [0.29, 0.717) is 19.3 Å². The van der Waals surface area contributed by atoms with Crippen molar-refractivity contribution in [2.75, 3.05) is 6.61 Å². The van der Waals surface area contributed by atoms with Crippen LogP contribution >= 0.6 is 0 Å². The third-order valence-corrected chi connectivity index (χ3v) is 10.4. The molecule has 0 spiro atoms. The van der Waals surface area contributed by atoms with E-state index in [-0.39, 0.29) is 24.9 Å². The quantitative estimate of drug-likeness (QED) is 0.0435. The van der Waals surface area contributed by atoms with Crippen molar-refractivity contribution in [2.45, 2.75) is 264 Å². The first kappa shape index (κ1) is 48.9. The predicted molar refractivity (Wildman–Crippen MR) is 214 cm³/mol. The van der Waals surface area contributed by atoms with E-state index < -0.39 is 18.2 Å². The molecular weight excluding hydrogens is 622 g/mol. The Hall–Kier alpha value is -1.14. The number of nitrogens with one attached hydrogen (secondary N) is 1. The van der Waals surface area contributed by atoms with Crippen molar-refractivity contribution < 1.29 is 24.5 Å². The smallest absolute Gasteiger partial charge is 0.306 e. The number of esters is 1. The molecule has 6 nitrogen and oxygen atoms in total. The molecule has 3 N–H and O–H groups in total. The Kier molecular flexibility index (Phi) is 38.2. The van der Waals surface area contributed by atoms with Gasteiger partial charge in [-0.1, -0.05) is 207 Å². The van der Waals surface area contributed by atoms with Gasteiger partial charge in [-0.2, -0.15) is 0 Å². The van der Waals surface area contributed by atoms with Gasteiger partial charge in [0, 0.05) is 6.42 Å². The minimum atomic E-state index is -0.776. The SMILES string of the molecule is CCCCCCCCCCCCCCC(=O)OC(CCCCCCCCCCC)CC(=O)NC(CO)C(O)CCCCCCCCCCCC. The van der Waals surface area contributed by atoms with E-state index in [2.05, 4.69) is 26.1 Å². The Labute approximate surface area is 311 Å². The fraction of sp³-hybridized carbons (Fsp3) is 0.955. The number of aliphatic hydroxyl groups excluding tert-OH is 2. The van der Waals surface area contributed by atoms with Gasteiger partial charge in [0.25, 0.3) is 0 Å². The second-order valence-corrected chi connectivity index (χ2v) is 15.5. The summed E-state index contributed by atoms with van der Waals surface area (Å²) in [4.78, 5) is 25.9. The lowest BCUT2D eigenvalue weighted by molar-refractivity contribution is -0.151.